The summed E-state index contributed by atoms with van der Waals surface area (Å²) in [7, 11) is -1.13. The molecule has 2 rings (SSSR count). The zero-order valence-corrected chi connectivity index (χ0v) is 16.4. The van der Waals surface area contributed by atoms with Crippen molar-refractivity contribution in [1.29, 1.82) is 0 Å². The predicted molar refractivity (Wildman–Crippen MR) is 99.8 cm³/mol. The van der Waals surface area contributed by atoms with Gasteiger partial charge in [0.15, 0.2) is 5.96 Å². The second-order valence-corrected chi connectivity index (χ2v) is 9.23. The molecule has 0 spiro atoms. The number of hydrogen-bond donors (Lipinski definition) is 1. The fourth-order valence-corrected chi connectivity index (χ4v) is 3.95. The standard InChI is InChI=1S/C17H33N3O4S/c1-18-17(19-9-5-13-25(2,21)22)20-10-7-15(8-11-20)24-14-16-6-3-4-12-23-16/h15-16H,3-14H2,1-2H3,(H,18,19). The van der Waals surface area contributed by atoms with Gasteiger partial charge in [0.1, 0.15) is 9.84 Å². The van der Waals surface area contributed by atoms with Gasteiger partial charge in [-0.05, 0) is 38.5 Å². The average molecular weight is 376 g/mol. The molecule has 0 amide bonds. The number of aliphatic imine (C=N–C) groups is 1. The second kappa shape index (κ2) is 10.3. The summed E-state index contributed by atoms with van der Waals surface area (Å²) in [5.74, 6) is 1.05. The molecule has 8 heteroatoms. The minimum Gasteiger partial charge on any atom is -0.376 e. The average Bonchev–Trinajstić information content (AvgIpc) is 2.61. The van der Waals surface area contributed by atoms with Gasteiger partial charge in [-0.3, -0.25) is 4.99 Å². The minimum absolute atomic E-state index is 0.205. The maximum Gasteiger partial charge on any atom is 0.193 e. The van der Waals surface area contributed by atoms with Crippen LogP contribution >= 0.6 is 0 Å². The van der Waals surface area contributed by atoms with Gasteiger partial charge in [0.05, 0.1) is 24.6 Å². The van der Waals surface area contributed by atoms with Crippen LogP contribution in [-0.2, 0) is 19.3 Å². The third-order valence-corrected chi connectivity index (χ3v) is 5.75. The Bertz CT molecular complexity index is 510. The van der Waals surface area contributed by atoms with Crippen molar-refractivity contribution in [3.8, 4) is 0 Å². The summed E-state index contributed by atoms with van der Waals surface area (Å²) in [5.41, 5.74) is 0. The van der Waals surface area contributed by atoms with Crippen molar-refractivity contribution >= 4 is 15.8 Å². The van der Waals surface area contributed by atoms with Gasteiger partial charge in [0.2, 0.25) is 0 Å². The molecule has 0 aromatic carbocycles. The second-order valence-electron chi connectivity index (χ2n) is 6.97. The summed E-state index contributed by atoms with van der Waals surface area (Å²) in [4.78, 5) is 6.53. The van der Waals surface area contributed by atoms with Crippen LogP contribution in [0.4, 0.5) is 0 Å². The molecule has 0 saturated carbocycles. The molecule has 0 aromatic rings. The van der Waals surface area contributed by atoms with Crippen LogP contribution in [-0.4, -0.2) is 83.4 Å². The smallest absolute Gasteiger partial charge is 0.193 e. The molecule has 25 heavy (non-hydrogen) atoms. The number of nitrogens with one attached hydrogen (secondary N) is 1. The van der Waals surface area contributed by atoms with Gasteiger partial charge in [0.25, 0.3) is 0 Å². The number of rotatable bonds is 7. The first-order valence-corrected chi connectivity index (χ1v) is 11.4. The molecular weight excluding hydrogens is 342 g/mol. The quantitative estimate of drug-likeness (QED) is 0.407. The van der Waals surface area contributed by atoms with Crippen molar-refractivity contribution in [1.82, 2.24) is 10.2 Å². The Morgan fingerprint density at radius 1 is 1.28 bits per heavy atom. The van der Waals surface area contributed by atoms with E-state index in [1.807, 2.05) is 0 Å². The summed E-state index contributed by atoms with van der Waals surface area (Å²) < 4.78 is 34.1. The van der Waals surface area contributed by atoms with Crippen LogP contribution in [0.3, 0.4) is 0 Å². The Labute approximate surface area is 152 Å². The fraction of sp³-hybridized carbons (Fsp3) is 0.941. The molecule has 2 aliphatic heterocycles. The van der Waals surface area contributed by atoms with Crippen molar-refractivity contribution in [2.75, 3.05) is 51.9 Å². The lowest BCUT2D eigenvalue weighted by molar-refractivity contribution is -0.0721. The summed E-state index contributed by atoms with van der Waals surface area (Å²) in [6, 6.07) is 0. The molecule has 0 aromatic heterocycles. The lowest BCUT2D eigenvalue weighted by Gasteiger charge is -2.35. The lowest BCUT2D eigenvalue weighted by Crippen LogP contribution is -2.47. The van der Waals surface area contributed by atoms with Crippen LogP contribution in [0.1, 0.15) is 38.5 Å². The largest absolute Gasteiger partial charge is 0.376 e. The topological polar surface area (TPSA) is 80.2 Å². The summed E-state index contributed by atoms with van der Waals surface area (Å²) >= 11 is 0. The highest BCUT2D eigenvalue weighted by Gasteiger charge is 2.23. The number of nitrogens with zero attached hydrogens (tertiary/aromatic N) is 2. The molecule has 1 atom stereocenters. The number of sulfone groups is 1. The molecule has 146 valence electrons. The molecule has 2 aliphatic rings. The molecule has 0 aliphatic carbocycles. The summed E-state index contributed by atoms with van der Waals surface area (Å²) in [5, 5.41) is 3.26. The van der Waals surface area contributed by atoms with E-state index < -0.39 is 9.84 Å². The van der Waals surface area contributed by atoms with E-state index in [1.54, 1.807) is 7.05 Å². The fourth-order valence-electron chi connectivity index (χ4n) is 3.28. The molecule has 1 unspecified atom stereocenters. The SMILES string of the molecule is CN=C(NCCCS(C)(=O)=O)N1CCC(OCC2CCCCO2)CC1. The molecule has 2 fully saturated rings. The Morgan fingerprint density at radius 2 is 2.04 bits per heavy atom. The lowest BCUT2D eigenvalue weighted by atomic mass is 10.1. The Kier molecular flexibility index (Phi) is 8.45. The highest BCUT2D eigenvalue weighted by Crippen LogP contribution is 2.17. The van der Waals surface area contributed by atoms with E-state index in [0.29, 0.717) is 25.7 Å². The van der Waals surface area contributed by atoms with Crippen LogP contribution in [0.2, 0.25) is 0 Å². The van der Waals surface area contributed by atoms with Gasteiger partial charge in [-0.25, -0.2) is 8.42 Å². The third kappa shape index (κ3) is 7.92. The minimum atomic E-state index is -2.90. The molecule has 2 saturated heterocycles. The first kappa shape index (κ1) is 20.5. The summed E-state index contributed by atoms with van der Waals surface area (Å²) in [6.45, 7) is 4.01. The van der Waals surface area contributed by atoms with E-state index in [9.17, 15) is 8.42 Å². The number of likely N-dealkylation sites (tertiary alicyclic amines) is 1. The van der Waals surface area contributed by atoms with Crippen LogP contribution in [0.15, 0.2) is 4.99 Å². The van der Waals surface area contributed by atoms with Crippen molar-refractivity contribution in [3.05, 3.63) is 0 Å². The molecule has 0 bridgehead atoms. The zero-order chi connectivity index (χ0) is 18.1. The Balaban J connectivity index is 1.63. The Hall–Kier alpha value is -0.860. The molecule has 0 radical (unpaired) electrons. The maximum atomic E-state index is 11.2. The van der Waals surface area contributed by atoms with Crippen LogP contribution in [0, 0.1) is 0 Å². The highest BCUT2D eigenvalue weighted by atomic mass is 32.2. The predicted octanol–water partition coefficient (Wildman–Crippen LogP) is 1.05. The van der Waals surface area contributed by atoms with Gasteiger partial charge in [0, 0.05) is 39.5 Å². The Morgan fingerprint density at radius 3 is 2.64 bits per heavy atom. The number of hydrogen-bond acceptors (Lipinski definition) is 5. The first-order valence-electron chi connectivity index (χ1n) is 9.34. The van der Waals surface area contributed by atoms with Gasteiger partial charge < -0.3 is 19.7 Å². The number of guanidine groups is 1. The normalized spacial score (nSPS) is 23.7. The first-order chi connectivity index (χ1) is 12.0. The van der Waals surface area contributed by atoms with E-state index in [1.165, 1.54) is 19.1 Å². The van der Waals surface area contributed by atoms with Crippen molar-refractivity contribution < 1.29 is 17.9 Å². The van der Waals surface area contributed by atoms with Crippen LogP contribution < -0.4 is 5.32 Å². The van der Waals surface area contributed by atoms with Gasteiger partial charge in [-0.1, -0.05) is 0 Å². The van der Waals surface area contributed by atoms with Crippen molar-refractivity contribution in [2.45, 2.75) is 50.7 Å². The van der Waals surface area contributed by atoms with Crippen molar-refractivity contribution in [3.63, 3.8) is 0 Å². The number of ether oxygens (including phenoxy) is 2. The molecule has 1 N–H and O–H groups in total. The van der Waals surface area contributed by atoms with Crippen LogP contribution in [0.25, 0.3) is 0 Å². The third-order valence-electron chi connectivity index (χ3n) is 4.72. The van der Waals surface area contributed by atoms with E-state index >= 15 is 0 Å². The van der Waals surface area contributed by atoms with Crippen LogP contribution in [0.5, 0.6) is 0 Å². The molecule has 2 heterocycles. The van der Waals surface area contributed by atoms with Gasteiger partial charge in [-0.15, -0.1) is 0 Å². The van der Waals surface area contributed by atoms with Gasteiger partial charge in [-0.2, -0.15) is 0 Å². The van der Waals surface area contributed by atoms with E-state index in [-0.39, 0.29) is 11.9 Å². The summed E-state index contributed by atoms with van der Waals surface area (Å²) in [6.07, 6.45) is 7.93. The molecule has 7 nitrogen and oxygen atoms in total. The number of piperidine rings is 1. The highest BCUT2D eigenvalue weighted by molar-refractivity contribution is 7.90. The molecular formula is C17H33N3O4S. The zero-order valence-electron chi connectivity index (χ0n) is 15.6. The van der Waals surface area contributed by atoms with E-state index in [2.05, 4.69) is 15.2 Å². The van der Waals surface area contributed by atoms with Gasteiger partial charge >= 0.3 is 0 Å². The van der Waals surface area contributed by atoms with E-state index in [0.717, 1.165) is 44.9 Å². The van der Waals surface area contributed by atoms with E-state index in [4.69, 9.17) is 9.47 Å². The van der Waals surface area contributed by atoms with Crippen molar-refractivity contribution in [2.24, 2.45) is 4.99 Å². The maximum absolute atomic E-state index is 11.2. The monoisotopic (exact) mass is 375 g/mol.